The molecule has 4 nitrogen and oxygen atoms in total. The molecule has 0 heterocycles. The van der Waals surface area contributed by atoms with E-state index in [2.05, 4.69) is 0 Å². The van der Waals surface area contributed by atoms with Gasteiger partial charge in [0, 0.05) is 12.7 Å². The molecule has 2 aromatic carbocycles. The van der Waals surface area contributed by atoms with Gasteiger partial charge in [0.05, 0.1) is 11.4 Å². The van der Waals surface area contributed by atoms with Crippen LogP contribution in [0.4, 0.5) is 11.4 Å². The zero-order chi connectivity index (χ0) is 14.8. The Bertz CT molecular complexity index is 694. The number of aryl methyl sites for hydroxylation is 1. The Balaban J connectivity index is 2.26. The summed E-state index contributed by atoms with van der Waals surface area (Å²) in [5.74, 6) is -0.107. The fraction of sp³-hybridized carbons (Fsp3) is 0.200. The number of rotatable bonds is 4. The largest absolute Gasteiger partial charge is 0.398 e. The van der Waals surface area contributed by atoms with Crippen LogP contribution < -0.4 is 10.0 Å². The van der Waals surface area contributed by atoms with Crippen LogP contribution in [-0.4, -0.2) is 15.5 Å². The van der Waals surface area contributed by atoms with Crippen molar-refractivity contribution in [2.24, 2.45) is 0 Å². The van der Waals surface area contributed by atoms with E-state index >= 15 is 0 Å². The van der Waals surface area contributed by atoms with Crippen molar-refractivity contribution in [3.8, 4) is 0 Å². The third-order valence-corrected chi connectivity index (χ3v) is 4.93. The summed E-state index contributed by atoms with van der Waals surface area (Å²) in [6.45, 7) is 1.96. The summed E-state index contributed by atoms with van der Waals surface area (Å²) in [6, 6.07) is 14.4. The van der Waals surface area contributed by atoms with Gasteiger partial charge in [-0.25, -0.2) is 8.42 Å². The normalized spacial score (nSPS) is 11.3. The van der Waals surface area contributed by atoms with Gasteiger partial charge in [0.15, 0.2) is 0 Å². The lowest BCUT2D eigenvalue weighted by Gasteiger charge is -2.20. The predicted octanol–water partition coefficient (Wildman–Crippen LogP) is 2.54. The molecule has 0 fully saturated rings. The summed E-state index contributed by atoms with van der Waals surface area (Å²) >= 11 is 0. The minimum absolute atomic E-state index is 0.107. The minimum atomic E-state index is -3.45. The summed E-state index contributed by atoms with van der Waals surface area (Å²) in [4.78, 5) is 0. The van der Waals surface area contributed by atoms with Crippen LogP contribution in [-0.2, 0) is 15.8 Å². The molecule has 20 heavy (non-hydrogen) atoms. The summed E-state index contributed by atoms with van der Waals surface area (Å²) in [7, 11) is -1.89. The molecular weight excluding hydrogens is 272 g/mol. The van der Waals surface area contributed by atoms with Crippen LogP contribution in [0.15, 0.2) is 48.5 Å². The van der Waals surface area contributed by atoms with Crippen molar-refractivity contribution in [1.82, 2.24) is 0 Å². The highest BCUT2D eigenvalue weighted by Gasteiger charge is 2.20. The van der Waals surface area contributed by atoms with E-state index in [-0.39, 0.29) is 5.75 Å². The maximum Gasteiger partial charge on any atom is 0.239 e. The Labute approximate surface area is 119 Å². The smallest absolute Gasteiger partial charge is 0.239 e. The van der Waals surface area contributed by atoms with Gasteiger partial charge in [-0.2, -0.15) is 0 Å². The van der Waals surface area contributed by atoms with Gasteiger partial charge in [-0.15, -0.1) is 0 Å². The van der Waals surface area contributed by atoms with Crippen LogP contribution in [0.2, 0.25) is 0 Å². The molecule has 0 radical (unpaired) electrons. The van der Waals surface area contributed by atoms with E-state index in [4.69, 9.17) is 5.73 Å². The van der Waals surface area contributed by atoms with E-state index in [0.29, 0.717) is 16.9 Å². The minimum Gasteiger partial charge on any atom is -0.398 e. The molecule has 0 atom stereocenters. The molecule has 0 aliphatic rings. The Morgan fingerprint density at radius 1 is 1.05 bits per heavy atom. The first kappa shape index (κ1) is 14.4. The Morgan fingerprint density at radius 2 is 1.65 bits per heavy atom. The molecule has 2 aromatic rings. The second kappa shape index (κ2) is 5.54. The van der Waals surface area contributed by atoms with Crippen molar-refractivity contribution < 1.29 is 8.42 Å². The van der Waals surface area contributed by atoms with Gasteiger partial charge in [0.25, 0.3) is 0 Å². The number of hydrogen-bond donors (Lipinski definition) is 1. The molecule has 0 aliphatic carbocycles. The van der Waals surface area contributed by atoms with Gasteiger partial charge in [-0.1, -0.05) is 35.9 Å². The number of hydrogen-bond acceptors (Lipinski definition) is 3. The van der Waals surface area contributed by atoms with Gasteiger partial charge >= 0.3 is 0 Å². The molecule has 2 rings (SSSR count). The zero-order valence-electron chi connectivity index (χ0n) is 11.6. The molecule has 0 saturated carbocycles. The maximum atomic E-state index is 12.4. The van der Waals surface area contributed by atoms with E-state index in [9.17, 15) is 8.42 Å². The van der Waals surface area contributed by atoms with Crippen LogP contribution in [0.25, 0.3) is 0 Å². The molecule has 0 amide bonds. The summed E-state index contributed by atoms with van der Waals surface area (Å²) in [6.07, 6.45) is 0. The predicted molar refractivity (Wildman–Crippen MR) is 83.1 cm³/mol. The fourth-order valence-electron chi connectivity index (χ4n) is 1.87. The number of nitrogen functional groups attached to an aromatic ring is 1. The highest BCUT2D eigenvalue weighted by molar-refractivity contribution is 7.92. The topological polar surface area (TPSA) is 63.4 Å². The van der Waals surface area contributed by atoms with E-state index < -0.39 is 10.0 Å². The van der Waals surface area contributed by atoms with Gasteiger partial charge in [-0.05, 0) is 30.7 Å². The first-order valence-corrected chi connectivity index (χ1v) is 7.88. The van der Waals surface area contributed by atoms with Crippen LogP contribution in [0.5, 0.6) is 0 Å². The molecule has 0 bridgehead atoms. The van der Waals surface area contributed by atoms with Gasteiger partial charge in [0.2, 0.25) is 10.0 Å². The molecular formula is C15H18N2O2S. The first-order valence-electron chi connectivity index (χ1n) is 6.27. The summed E-state index contributed by atoms with van der Waals surface area (Å²) in [5, 5.41) is 0. The average molecular weight is 290 g/mol. The summed E-state index contributed by atoms with van der Waals surface area (Å²) < 4.78 is 26.1. The van der Waals surface area contributed by atoms with Crippen LogP contribution in [0.1, 0.15) is 11.1 Å². The molecule has 2 N–H and O–H groups in total. The number of nitrogens with zero attached hydrogens (tertiary/aromatic N) is 1. The Hall–Kier alpha value is -2.01. The van der Waals surface area contributed by atoms with Gasteiger partial charge in [-0.3, -0.25) is 4.31 Å². The maximum absolute atomic E-state index is 12.4. The zero-order valence-corrected chi connectivity index (χ0v) is 12.4. The van der Waals surface area contributed by atoms with Crippen LogP contribution in [0, 0.1) is 6.92 Å². The molecule has 5 heteroatoms. The van der Waals surface area contributed by atoms with E-state index in [1.807, 2.05) is 19.1 Å². The molecule has 0 saturated heterocycles. The van der Waals surface area contributed by atoms with Crippen molar-refractivity contribution in [1.29, 1.82) is 0 Å². The molecule has 106 valence electrons. The number of benzene rings is 2. The quantitative estimate of drug-likeness (QED) is 0.880. The lowest BCUT2D eigenvalue weighted by atomic mass is 10.2. The van der Waals surface area contributed by atoms with Crippen LogP contribution in [0.3, 0.4) is 0 Å². The van der Waals surface area contributed by atoms with Crippen LogP contribution >= 0.6 is 0 Å². The van der Waals surface area contributed by atoms with E-state index in [1.165, 1.54) is 4.31 Å². The standard InChI is InChI=1S/C15H18N2O2S/c1-12-7-9-14(10-8-12)17(2)20(18,19)11-13-5-3-4-6-15(13)16/h3-10H,11,16H2,1-2H3. The third kappa shape index (κ3) is 3.11. The Kier molecular flexibility index (Phi) is 3.99. The molecule has 0 unspecified atom stereocenters. The third-order valence-electron chi connectivity index (χ3n) is 3.21. The Morgan fingerprint density at radius 3 is 2.25 bits per heavy atom. The van der Waals surface area contributed by atoms with Crippen molar-refractivity contribution >= 4 is 21.4 Å². The second-order valence-corrected chi connectivity index (χ2v) is 6.76. The lowest BCUT2D eigenvalue weighted by molar-refractivity contribution is 0.593. The second-order valence-electron chi connectivity index (χ2n) is 4.76. The molecule has 0 spiro atoms. The fourth-order valence-corrected chi connectivity index (χ4v) is 3.17. The number of nitrogens with two attached hydrogens (primary N) is 1. The van der Waals surface area contributed by atoms with Crippen molar-refractivity contribution in [2.75, 3.05) is 17.1 Å². The van der Waals surface area contributed by atoms with Crippen molar-refractivity contribution in [3.05, 3.63) is 59.7 Å². The average Bonchev–Trinajstić information content (AvgIpc) is 2.41. The van der Waals surface area contributed by atoms with Gasteiger partial charge < -0.3 is 5.73 Å². The van der Waals surface area contributed by atoms with E-state index in [1.54, 1.807) is 43.4 Å². The van der Waals surface area contributed by atoms with Crippen molar-refractivity contribution in [3.63, 3.8) is 0 Å². The lowest BCUT2D eigenvalue weighted by Crippen LogP contribution is -2.28. The highest BCUT2D eigenvalue weighted by Crippen LogP contribution is 2.21. The molecule has 0 aliphatic heterocycles. The highest BCUT2D eigenvalue weighted by atomic mass is 32.2. The summed E-state index contributed by atoms with van der Waals surface area (Å²) in [5.41, 5.74) is 8.65. The van der Waals surface area contributed by atoms with Crippen molar-refractivity contribution in [2.45, 2.75) is 12.7 Å². The SMILES string of the molecule is Cc1ccc(N(C)S(=O)(=O)Cc2ccccc2N)cc1. The molecule has 0 aromatic heterocycles. The number of sulfonamides is 1. The van der Waals surface area contributed by atoms with Gasteiger partial charge in [0.1, 0.15) is 0 Å². The van der Waals surface area contributed by atoms with E-state index in [0.717, 1.165) is 5.56 Å². The number of anilines is 2. The monoisotopic (exact) mass is 290 g/mol. The first-order chi connectivity index (χ1) is 9.40. The number of para-hydroxylation sites is 1.